The van der Waals surface area contributed by atoms with Crippen molar-refractivity contribution in [1.29, 1.82) is 0 Å². The van der Waals surface area contributed by atoms with Crippen LogP contribution in [0.1, 0.15) is 32.0 Å². The van der Waals surface area contributed by atoms with Gasteiger partial charge in [-0.2, -0.15) is 0 Å². The van der Waals surface area contributed by atoms with Crippen molar-refractivity contribution in [1.82, 2.24) is 9.97 Å². The van der Waals surface area contributed by atoms with E-state index in [0.717, 1.165) is 17.7 Å². The minimum absolute atomic E-state index is 0.131. The van der Waals surface area contributed by atoms with Crippen molar-refractivity contribution in [2.24, 2.45) is 5.41 Å². The second kappa shape index (κ2) is 2.80. The summed E-state index contributed by atoms with van der Waals surface area (Å²) >= 11 is 0. The van der Waals surface area contributed by atoms with Crippen LogP contribution in [0.15, 0.2) is 12.4 Å². The van der Waals surface area contributed by atoms with Gasteiger partial charge in [0, 0.05) is 5.56 Å². The van der Waals surface area contributed by atoms with Gasteiger partial charge in [-0.3, -0.25) is 0 Å². The van der Waals surface area contributed by atoms with Crippen molar-refractivity contribution in [3.8, 4) is 0 Å². The number of fused-ring (bicyclic) bond motifs is 1. The summed E-state index contributed by atoms with van der Waals surface area (Å²) in [5.74, 6) is 0.616. The van der Waals surface area contributed by atoms with Crippen LogP contribution in [0.25, 0.3) is 5.57 Å². The van der Waals surface area contributed by atoms with Crippen molar-refractivity contribution in [3.05, 3.63) is 23.7 Å². The molecule has 3 heteroatoms. The molecule has 0 unspecified atom stereocenters. The lowest BCUT2D eigenvalue weighted by Crippen LogP contribution is -2.09. The van der Waals surface area contributed by atoms with Crippen molar-refractivity contribution in [3.63, 3.8) is 0 Å². The summed E-state index contributed by atoms with van der Waals surface area (Å²) in [6, 6.07) is 0. The molecule has 1 aromatic heterocycles. The molecule has 0 aliphatic heterocycles. The largest absolute Gasteiger partial charge is 0.383 e. The molecule has 0 saturated heterocycles. The van der Waals surface area contributed by atoms with Gasteiger partial charge in [0.1, 0.15) is 12.1 Å². The van der Waals surface area contributed by atoms with Crippen LogP contribution in [0.3, 0.4) is 0 Å². The van der Waals surface area contributed by atoms with Gasteiger partial charge in [-0.05, 0) is 17.4 Å². The fourth-order valence-electron chi connectivity index (χ4n) is 1.82. The van der Waals surface area contributed by atoms with Gasteiger partial charge in [0.2, 0.25) is 0 Å². The lowest BCUT2D eigenvalue weighted by atomic mass is 9.85. The number of nitrogens with two attached hydrogens (primary N) is 1. The van der Waals surface area contributed by atoms with Crippen LogP contribution >= 0.6 is 0 Å². The Labute approximate surface area is 84.1 Å². The quantitative estimate of drug-likeness (QED) is 0.679. The number of hydrogen-bond acceptors (Lipinski definition) is 3. The molecule has 0 atom stereocenters. The van der Waals surface area contributed by atoms with Gasteiger partial charge in [0.25, 0.3) is 0 Å². The molecule has 1 heterocycles. The lowest BCUT2D eigenvalue weighted by Gasteiger charge is -2.20. The molecule has 1 aliphatic rings. The first kappa shape index (κ1) is 9.19. The number of nitrogen functional groups attached to an aromatic ring is 1. The summed E-state index contributed by atoms with van der Waals surface area (Å²) in [6.45, 7) is 6.56. The highest BCUT2D eigenvalue weighted by molar-refractivity contribution is 5.76. The highest BCUT2D eigenvalue weighted by atomic mass is 14.9. The highest BCUT2D eigenvalue weighted by Gasteiger charge is 2.27. The summed E-state index contributed by atoms with van der Waals surface area (Å²) in [6.07, 6.45) is 4.61. The Bertz CT molecular complexity index is 399. The summed E-state index contributed by atoms with van der Waals surface area (Å²) < 4.78 is 0. The van der Waals surface area contributed by atoms with Crippen molar-refractivity contribution >= 4 is 11.4 Å². The van der Waals surface area contributed by atoms with Crippen LogP contribution in [0, 0.1) is 5.41 Å². The number of anilines is 1. The molecular weight excluding hydrogens is 174 g/mol. The molecule has 2 N–H and O–H groups in total. The van der Waals surface area contributed by atoms with Gasteiger partial charge in [0.05, 0.1) is 5.69 Å². The summed E-state index contributed by atoms with van der Waals surface area (Å²) in [7, 11) is 0. The van der Waals surface area contributed by atoms with Gasteiger partial charge in [-0.1, -0.05) is 26.8 Å². The van der Waals surface area contributed by atoms with Gasteiger partial charge >= 0.3 is 0 Å². The standard InChI is InChI=1S/C11H15N3/c1-11(2,3)8-5-4-7-9(8)13-6-14-10(7)12/h5-6H,4H2,1-3H3,(H2,12,13,14). The molecule has 0 bridgehead atoms. The molecule has 2 rings (SSSR count). The van der Waals surface area contributed by atoms with Crippen LogP contribution in [-0.2, 0) is 6.42 Å². The number of rotatable bonds is 0. The van der Waals surface area contributed by atoms with Crippen LogP contribution in [-0.4, -0.2) is 9.97 Å². The SMILES string of the molecule is CC(C)(C)C1=CCc2c(N)ncnc21. The van der Waals surface area contributed by atoms with E-state index in [1.807, 2.05) is 0 Å². The molecular formula is C11H15N3. The van der Waals surface area contributed by atoms with Crippen molar-refractivity contribution < 1.29 is 0 Å². The number of hydrogen-bond donors (Lipinski definition) is 1. The molecule has 1 aliphatic carbocycles. The fourth-order valence-corrected chi connectivity index (χ4v) is 1.82. The maximum absolute atomic E-state index is 5.79. The molecule has 3 nitrogen and oxygen atoms in total. The minimum Gasteiger partial charge on any atom is -0.383 e. The predicted molar refractivity (Wildman–Crippen MR) is 57.6 cm³/mol. The van der Waals surface area contributed by atoms with E-state index in [-0.39, 0.29) is 5.41 Å². The first-order chi connectivity index (χ1) is 6.50. The van der Waals surface area contributed by atoms with Gasteiger partial charge < -0.3 is 5.73 Å². The first-order valence-corrected chi connectivity index (χ1v) is 4.80. The Morgan fingerprint density at radius 2 is 2.00 bits per heavy atom. The Hall–Kier alpha value is -1.38. The Morgan fingerprint density at radius 1 is 1.29 bits per heavy atom. The van der Waals surface area contributed by atoms with Crippen LogP contribution in [0.5, 0.6) is 0 Å². The number of aromatic nitrogens is 2. The molecule has 0 spiro atoms. The third-order valence-electron chi connectivity index (χ3n) is 2.55. The van der Waals surface area contributed by atoms with Gasteiger partial charge in [0.15, 0.2) is 0 Å². The molecule has 0 aromatic carbocycles. The molecule has 14 heavy (non-hydrogen) atoms. The Kier molecular flexibility index (Phi) is 1.84. The Morgan fingerprint density at radius 3 is 2.64 bits per heavy atom. The van der Waals surface area contributed by atoms with Crippen LogP contribution in [0.4, 0.5) is 5.82 Å². The molecule has 0 saturated carbocycles. The van der Waals surface area contributed by atoms with E-state index in [1.54, 1.807) is 6.33 Å². The van der Waals surface area contributed by atoms with E-state index < -0.39 is 0 Å². The number of nitrogens with zero attached hydrogens (tertiary/aromatic N) is 2. The van der Waals surface area contributed by atoms with Crippen LogP contribution < -0.4 is 5.73 Å². The third kappa shape index (κ3) is 1.29. The summed E-state index contributed by atoms with van der Waals surface area (Å²) in [5.41, 5.74) is 9.32. The van der Waals surface area contributed by atoms with Crippen LogP contribution in [0.2, 0.25) is 0 Å². The van der Waals surface area contributed by atoms with Crippen molar-refractivity contribution in [2.45, 2.75) is 27.2 Å². The number of allylic oxidation sites excluding steroid dienone is 2. The van der Waals surface area contributed by atoms with Crippen molar-refractivity contribution in [2.75, 3.05) is 5.73 Å². The van der Waals surface area contributed by atoms with E-state index in [1.165, 1.54) is 5.57 Å². The maximum atomic E-state index is 5.79. The third-order valence-corrected chi connectivity index (χ3v) is 2.55. The summed E-state index contributed by atoms with van der Waals surface area (Å²) in [4.78, 5) is 8.31. The van der Waals surface area contributed by atoms with Gasteiger partial charge in [-0.15, -0.1) is 0 Å². The molecule has 74 valence electrons. The second-order valence-electron chi connectivity index (χ2n) is 4.66. The predicted octanol–water partition coefficient (Wildman–Crippen LogP) is 2.04. The lowest BCUT2D eigenvalue weighted by molar-refractivity contribution is 0.565. The van der Waals surface area contributed by atoms with E-state index in [2.05, 4.69) is 36.8 Å². The van der Waals surface area contributed by atoms with E-state index in [0.29, 0.717) is 5.82 Å². The monoisotopic (exact) mass is 189 g/mol. The highest BCUT2D eigenvalue weighted by Crippen LogP contribution is 2.39. The minimum atomic E-state index is 0.131. The average Bonchev–Trinajstić information content (AvgIpc) is 2.47. The molecule has 0 fully saturated rings. The van der Waals surface area contributed by atoms with E-state index >= 15 is 0 Å². The molecule has 1 aromatic rings. The first-order valence-electron chi connectivity index (χ1n) is 4.80. The zero-order chi connectivity index (χ0) is 10.3. The normalized spacial score (nSPS) is 15.2. The molecule has 0 radical (unpaired) electrons. The molecule has 0 amide bonds. The summed E-state index contributed by atoms with van der Waals surface area (Å²) in [5, 5.41) is 0. The smallest absolute Gasteiger partial charge is 0.130 e. The second-order valence-corrected chi connectivity index (χ2v) is 4.66. The zero-order valence-corrected chi connectivity index (χ0v) is 8.83. The fraction of sp³-hybridized carbons (Fsp3) is 0.455. The van der Waals surface area contributed by atoms with E-state index in [9.17, 15) is 0 Å². The maximum Gasteiger partial charge on any atom is 0.130 e. The average molecular weight is 189 g/mol. The Balaban J connectivity index is 2.53. The topological polar surface area (TPSA) is 51.8 Å². The van der Waals surface area contributed by atoms with E-state index in [4.69, 9.17) is 5.73 Å². The zero-order valence-electron chi connectivity index (χ0n) is 8.83. The van der Waals surface area contributed by atoms with Gasteiger partial charge in [-0.25, -0.2) is 9.97 Å².